The van der Waals surface area contributed by atoms with Gasteiger partial charge in [-0.2, -0.15) is 0 Å². The lowest BCUT2D eigenvalue weighted by atomic mass is 10.1. The van der Waals surface area contributed by atoms with Crippen LogP contribution in [0.25, 0.3) is 22.3 Å². The number of hydrogen-bond acceptors (Lipinski definition) is 6. The van der Waals surface area contributed by atoms with E-state index in [-0.39, 0.29) is 5.91 Å². The molecule has 1 aromatic heterocycles. The number of carbonyl (C=O) groups is 1. The largest absolute Gasteiger partial charge is 0.497 e. The summed E-state index contributed by atoms with van der Waals surface area (Å²) < 4.78 is 16.3. The Kier molecular flexibility index (Phi) is 6.60. The van der Waals surface area contributed by atoms with Gasteiger partial charge in [-0.1, -0.05) is 23.7 Å². The Morgan fingerprint density at radius 3 is 2.39 bits per heavy atom. The summed E-state index contributed by atoms with van der Waals surface area (Å²) in [7, 11) is 3.01. The number of halogens is 1. The molecule has 1 atom stereocenters. The van der Waals surface area contributed by atoms with E-state index in [9.17, 15) is 4.79 Å². The van der Waals surface area contributed by atoms with Crippen LogP contribution in [0.15, 0.2) is 66.9 Å². The summed E-state index contributed by atoms with van der Waals surface area (Å²) >= 11 is 6.29. The Hall–Kier alpha value is -3.84. The van der Waals surface area contributed by atoms with E-state index in [0.29, 0.717) is 28.0 Å². The van der Waals surface area contributed by atoms with Crippen LogP contribution in [0.2, 0.25) is 5.02 Å². The molecule has 0 aliphatic rings. The zero-order valence-corrected chi connectivity index (χ0v) is 19.1. The average Bonchev–Trinajstić information content (AvgIpc) is 2.85. The minimum absolute atomic E-state index is 0.299. The Morgan fingerprint density at radius 2 is 1.70 bits per heavy atom. The fourth-order valence-corrected chi connectivity index (χ4v) is 3.49. The molecular formula is C25H22ClN3O4. The van der Waals surface area contributed by atoms with Gasteiger partial charge in [0.15, 0.2) is 6.10 Å². The Bertz CT molecular complexity index is 1290. The van der Waals surface area contributed by atoms with Crippen molar-refractivity contribution in [1.82, 2.24) is 9.97 Å². The molecule has 0 aliphatic heterocycles. The van der Waals surface area contributed by atoms with Gasteiger partial charge in [-0.05, 0) is 43.3 Å². The maximum atomic E-state index is 12.7. The summed E-state index contributed by atoms with van der Waals surface area (Å²) in [4.78, 5) is 21.8. The molecule has 0 fully saturated rings. The zero-order chi connectivity index (χ0) is 23.4. The molecule has 8 heteroatoms. The SMILES string of the molecule is COc1cc(Cl)c(NC(=O)[C@@H](C)Oc2ccc(-c3cnc4ccccc4n3)cc2)c(OC)c1. The van der Waals surface area contributed by atoms with Crippen molar-refractivity contribution >= 4 is 34.2 Å². The fraction of sp³-hybridized carbons (Fsp3) is 0.160. The molecular weight excluding hydrogens is 442 g/mol. The molecule has 4 aromatic rings. The van der Waals surface area contributed by atoms with Gasteiger partial charge in [-0.3, -0.25) is 9.78 Å². The van der Waals surface area contributed by atoms with Crippen LogP contribution >= 0.6 is 11.6 Å². The second-order valence-electron chi connectivity index (χ2n) is 7.20. The summed E-state index contributed by atoms with van der Waals surface area (Å²) in [5, 5.41) is 3.06. The zero-order valence-electron chi connectivity index (χ0n) is 18.3. The molecule has 0 unspecified atom stereocenters. The first-order valence-electron chi connectivity index (χ1n) is 10.2. The van der Waals surface area contributed by atoms with E-state index < -0.39 is 6.10 Å². The number of nitrogens with one attached hydrogen (secondary N) is 1. The smallest absolute Gasteiger partial charge is 0.265 e. The van der Waals surface area contributed by atoms with Crippen LogP contribution in [-0.4, -0.2) is 36.2 Å². The number of ether oxygens (including phenoxy) is 3. The first-order valence-corrected chi connectivity index (χ1v) is 10.6. The highest BCUT2D eigenvalue weighted by atomic mass is 35.5. The van der Waals surface area contributed by atoms with Crippen LogP contribution in [0, 0.1) is 0 Å². The van der Waals surface area contributed by atoms with Crippen LogP contribution in [-0.2, 0) is 4.79 Å². The highest BCUT2D eigenvalue weighted by Crippen LogP contribution is 2.37. The number of anilines is 1. The molecule has 0 radical (unpaired) electrons. The normalized spacial score (nSPS) is 11.6. The number of fused-ring (bicyclic) bond motifs is 1. The lowest BCUT2D eigenvalue weighted by Gasteiger charge is -2.18. The summed E-state index contributed by atoms with van der Waals surface area (Å²) in [6.45, 7) is 1.65. The molecule has 0 saturated heterocycles. The predicted molar refractivity (Wildman–Crippen MR) is 128 cm³/mol. The molecule has 1 amide bonds. The molecule has 1 heterocycles. The van der Waals surface area contributed by atoms with Crippen LogP contribution in [0.4, 0.5) is 5.69 Å². The number of amides is 1. The first kappa shape index (κ1) is 22.4. The van der Waals surface area contributed by atoms with Gasteiger partial charge in [0.2, 0.25) is 0 Å². The van der Waals surface area contributed by atoms with Crippen molar-refractivity contribution in [3.63, 3.8) is 0 Å². The van der Waals surface area contributed by atoms with Crippen molar-refractivity contribution in [3.8, 4) is 28.5 Å². The number of benzene rings is 3. The lowest BCUT2D eigenvalue weighted by Crippen LogP contribution is -2.30. The fourth-order valence-electron chi connectivity index (χ4n) is 3.24. The maximum Gasteiger partial charge on any atom is 0.265 e. The molecule has 1 N–H and O–H groups in total. The minimum atomic E-state index is -0.779. The third kappa shape index (κ3) is 4.99. The van der Waals surface area contributed by atoms with Gasteiger partial charge in [-0.15, -0.1) is 0 Å². The molecule has 7 nitrogen and oxygen atoms in total. The maximum absolute atomic E-state index is 12.7. The summed E-state index contributed by atoms with van der Waals surface area (Å²) in [6.07, 6.45) is 0.958. The molecule has 0 saturated carbocycles. The summed E-state index contributed by atoms with van der Waals surface area (Å²) in [5.41, 5.74) is 3.67. The van der Waals surface area contributed by atoms with E-state index in [1.54, 1.807) is 37.4 Å². The van der Waals surface area contributed by atoms with Crippen molar-refractivity contribution in [2.24, 2.45) is 0 Å². The van der Waals surface area contributed by atoms with Gasteiger partial charge in [-0.25, -0.2) is 4.98 Å². The van der Waals surface area contributed by atoms with Gasteiger partial charge < -0.3 is 19.5 Å². The highest BCUT2D eigenvalue weighted by Gasteiger charge is 2.20. The van der Waals surface area contributed by atoms with Crippen LogP contribution in [0.3, 0.4) is 0 Å². The average molecular weight is 464 g/mol. The van der Waals surface area contributed by atoms with Crippen molar-refractivity contribution in [2.45, 2.75) is 13.0 Å². The van der Waals surface area contributed by atoms with Crippen molar-refractivity contribution in [2.75, 3.05) is 19.5 Å². The number of aromatic nitrogens is 2. The summed E-state index contributed by atoms with van der Waals surface area (Å²) in [6, 6.07) is 18.3. The molecule has 0 bridgehead atoms. The number of methoxy groups -OCH3 is 2. The Labute approximate surface area is 196 Å². The van der Waals surface area contributed by atoms with Crippen LogP contribution in [0.5, 0.6) is 17.2 Å². The second kappa shape index (κ2) is 9.75. The molecule has 0 aliphatic carbocycles. The Morgan fingerprint density at radius 1 is 0.970 bits per heavy atom. The topological polar surface area (TPSA) is 82.6 Å². The van der Waals surface area contributed by atoms with Gasteiger partial charge in [0.05, 0.1) is 42.2 Å². The number of para-hydroxylation sites is 2. The van der Waals surface area contributed by atoms with E-state index >= 15 is 0 Å². The molecule has 0 spiro atoms. The van der Waals surface area contributed by atoms with Crippen molar-refractivity contribution in [1.29, 1.82) is 0 Å². The number of hydrogen-bond donors (Lipinski definition) is 1. The Balaban J connectivity index is 1.45. The quantitative estimate of drug-likeness (QED) is 0.396. The van der Waals surface area contributed by atoms with E-state index in [4.69, 9.17) is 25.8 Å². The molecule has 3 aromatic carbocycles. The lowest BCUT2D eigenvalue weighted by molar-refractivity contribution is -0.122. The third-order valence-corrected chi connectivity index (χ3v) is 5.31. The van der Waals surface area contributed by atoms with Crippen LogP contribution in [0.1, 0.15) is 6.92 Å². The van der Waals surface area contributed by atoms with Crippen molar-refractivity contribution < 1.29 is 19.0 Å². The first-order chi connectivity index (χ1) is 16.0. The van der Waals surface area contributed by atoms with Crippen LogP contribution < -0.4 is 19.5 Å². The third-order valence-electron chi connectivity index (χ3n) is 5.01. The highest BCUT2D eigenvalue weighted by molar-refractivity contribution is 6.34. The molecule has 168 valence electrons. The van der Waals surface area contributed by atoms with E-state index in [0.717, 1.165) is 22.3 Å². The standard InChI is InChI=1S/C25H22ClN3O4/c1-15(25(30)29-24-19(26)12-18(31-2)13-23(24)32-3)33-17-10-8-16(9-11-17)22-14-27-20-6-4-5-7-21(20)28-22/h4-15H,1-3H3,(H,29,30)/t15-/m1/s1. The van der Waals surface area contributed by atoms with Gasteiger partial charge >= 0.3 is 0 Å². The van der Waals surface area contributed by atoms with E-state index in [2.05, 4.69) is 15.3 Å². The minimum Gasteiger partial charge on any atom is -0.497 e. The monoisotopic (exact) mass is 463 g/mol. The molecule has 4 rings (SSSR count). The predicted octanol–water partition coefficient (Wildman–Crippen LogP) is 5.37. The van der Waals surface area contributed by atoms with E-state index in [1.807, 2.05) is 36.4 Å². The van der Waals surface area contributed by atoms with Gasteiger partial charge in [0.25, 0.3) is 5.91 Å². The number of carbonyl (C=O) groups excluding carboxylic acids is 1. The van der Waals surface area contributed by atoms with Gasteiger partial charge in [0.1, 0.15) is 22.9 Å². The number of nitrogens with zero attached hydrogens (tertiary/aromatic N) is 2. The molecule has 33 heavy (non-hydrogen) atoms. The number of rotatable bonds is 7. The second-order valence-corrected chi connectivity index (χ2v) is 7.61. The van der Waals surface area contributed by atoms with Crippen molar-refractivity contribution in [3.05, 3.63) is 71.9 Å². The van der Waals surface area contributed by atoms with Gasteiger partial charge in [0, 0.05) is 17.7 Å². The van der Waals surface area contributed by atoms with E-state index in [1.165, 1.54) is 14.2 Å². The summed E-state index contributed by atoms with van der Waals surface area (Å²) in [5.74, 6) is 1.09.